The lowest BCUT2D eigenvalue weighted by Gasteiger charge is -2.49. The summed E-state index contributed by atoms with van der Waals surface area (Å²) in [6.07, 6.45) is -9.42. The van der Waals surface area contributed by atoms with E-state index in [1.165, 1.54) is 12.0 Å². The van der Waals surface area contributed by atoms with Crippen LogP contribution in [-0.4, -0.2) is 67.5 Å². The molecule has 2 aromatic carbocycles. The maximum absolute atomic E-state index is 14.1. The Balaban J connectivity index is 1.96. The Morgan fingerprint density at radius 3 is 2.03 bits per heavy atom. The van der Waals surface area contributed by atoms with E-state index in [1.54, 1.807) is 31.2 Å². The number of piperazine rings is 1. The summed E-state index contributed by atoms with van der Waals surface area (Å²) in [7, 11) is 1.43. The smallest absolute Gasteiger partial charge is 0.405 e. The van der Waals surface area contributed by atoms with Gasteiger partial charge in [-0.05, 0) is 24.6 Å². The maximum atomic E-state index is 14.1. The highest BCUT2D eigenvalue weighted by Gasteiger charge is 2.56. The average molecular weight is 504 g/mol. The zero-order valence-corrected chi connectivity index (χ0v) is 19.7. The van der Waals surface area contributed by atoms with Gasteiger partial charge in [-0.15, -0.1) is 0 Å². The largest absolute Gasteiger partial charge is 0.496 e. The molecule has 3 unspecified atom stereocenters. The number of hydrogen-bond acceptors (Lipinski definition) is 4. The lowest BCUT2D eigenvalue weighted by atomic mass is 9.97. The van der Waals surface area contributed by atoms with Crippen LogP contribution in [0.25, 0.3) is 0 Å². The zero-order chi connectivity index (χ0) is 25.6. The normalized spacial score (nSPS) is 21.1. The van der Waals surface area contributed by atoms with Crippen LogP contribution in [0.5, 0.6) is 5.75 Å². The predicted molar refractivity (Wildman–Crippen MR) is 122 cm³/mol. The molecular formula is C25H31F6N3O. The van der Waals surface area contributed by atoms with E-state index in [1.807, 2.05) is 30.3 Å². The molecule has 2 aromatic rings. The van der Waals surface area contributed by atoms with Crippen LogP contribution in [0.15, 0.2) is 54.6 Å². The van der Waals surface area contributed by atoms with Crippen LogP contribution in [0.2, 0.25) is 0 Å². The third-order valence-electron chi connectivity index (χ3n) is 6.30. The highest BCUT2D eigenvalue weighted by Crippen LogP contribution is 2.40. The van der Waals surface area contributed by atoms with E-state index < -0.39 is 43.6 Å². The first-order valence-electron chi connectivity index (χ1n) is 11.6. The topological polar surface area (TPSA) is 27.7 Å². The molecule has 1 N–H and O–H groups in total. The van der Waals surface area contributed by atoms with Crippen LogP contribution < -0.4 is 10.1 Å². The fraction of sp³-hybridized carbons (Fsp3) is 0.520. The molecule has 10 heteroatoms. The molecule has 4 nitrogen and oxygen atoms in total. The molecule has 194 valence electrons. The Morgan fingerprint density at radius 2 is 1.49 bits per heavy atom. The zero-order valence-electron chi connectivity index (χ0n) is 19.7. The Labute approximate surface area is 201 Å². The highest BCUT2D eigenvalue weighted by atomic mass is 19.4. The lowest BCUT2D eigenvalue weighted by molar-refractivity contribution is -0.256. The van der Waals surface area contributed by atoms with E-state index in [2.05, 4.69) is 5.32 Å². The van der Waals surface area contributed by atoms with Crippen molar-refractivity contribution in [2.45, 2.75) is 50.4 Å². The highest BCUT2D eigenvalue weighted by molar-refractivity contribution is 5.36. The molecule has 0 aromatic heterocycles. The molecule has 3 atom stereocenters. The van der Waals surface area contributed by atoms with Crippen molar-refractivity contribution in [3.05, 3.63) is 65.7 Å². The molecule has 0 aliphatic carbocycles. The van der Waals surface area contributed by atoms with Crippen molar-refractivity contribution in [1.82, 2.24) is 15.1 Å². The van der Waals surface area contributed by atoms with Crippen molar-refractivity contribution in [2.75, 3.05) is 33.3 Å². The summed E-state index contributed by atoms with van der Waals surface area (Å²) in [6.45, 7) is 0.746. The van der Waals surface area contributed by atoms with Crippen LogP contribution in [-0.2, 0) is 6.54 Å². The van der Waals surface area contributed by atoms with E-state index in [4.69, 9.17) is 4.74 Å². The first-order valence-corrected chi connectivity index (χ1v) is 11.6. The molecule has 1 aliphatic heterocycles. The number of halogens is 6. The van der Waals surface area contributed by atoms with Gasteiger partial charge in [0, 0.05) is 31.7 Å². The number of nitrogens with one attached hydrogen (secondary N) is 1. The summed E-state index contributed by atoms with van der Waals surface area (Å²) in [5.74, 6) is 0.419. The quantitative estimate of drug-likeness (QED) is 0.463. The fourth-order valence-electron chi connectivity index (χ4n) is 4.68. The van der Waals surface area contributed by atoms with Crippen molar-refractivity contribution in [2.24, 2.45) is 0 Å². The molecule has 0 radical (unpaired) electrons. The maximum Gasteiger partial charge on any atom is 0.405 e. The number of nitrogens with zero attached hydrogens (tertiary/aromatic N) is 2. The van der Waals surface area contributed by atoms with Crippen molar-refractivity contribution in [1.29, 1.82) is 0 Å². The van der Waals surface area contributed by atoms with Crippen molar-refractivity contribution < 1.29 is 31.1 Å². The summed E-state index contributed by atoms with van der Waals surface area (Å²) >= 11 is 0. The van der Waals surface area contributed by atoms with Gasteiger partial charge >= 0.3 is 12.4 Å². The molecular weight excluding hydrogens is 472 g/mol. The first-order chi connectivity index (χ1) is 16.6. The summed E-state index contributed by atoms with van der Waals surface area (Å²) in [6, 6.07) is 11.0. The third-order valence-corrected chi connectivity index (χ3v) is 6.30. The van der Waals surface area contributed by atoms with Gasteiger partial charge in [0.1, 0.15) is 17.8 Å². The Morgan fingerprint density at radius 1 is 0.914 bits per heavy atom. The summed E-state index contributed by atoms with van der Waals surface area (Å²) < 4.78 is 89.8. The van der Waals surface area contributed by atoms with Gasteiger partial charge in [0.15, 0.2) is 0 Å². The molecule has 3 rings (SSSR count). The van der Waals surface area contributed by atoms with E-state index in [-0.39, 0.29) is 19.5 Å². The SMILES string of the molecule is CCCN1C(C(F)(F)F)CN(C(CNCc2ccccc2)c2ccccc2OC)CC1C(F)(F)F. The number of hydrogen-bond donors (Lipinski definition) is 1. The number of ether oxygens (including phenoxy) is 1. The Hall–Kier alpha value is -2.30. The van der Waals surface area contributed by atoms with E-state index in [0.717, 1.165) is 5.56 Å². The van der Waals surface area contributed by atoms with Gasteiger partial charge in [0.2, 0.25) is 0 Å². The van der Waals surface area contributed by atoms with Gasteiger partial charge in [0.25, 0.3) is 0 Å². The van der Waals surface area contributed by atoms with E-state index in [0.29, 0.717) is 22.8 Å². The van der Waals surface area contributed by atoms with Crippen LogP contribution in [0.1, 0.15) is 30.5 Å². The van der Waals surface area contributed by atoms with Gasteiger partial charge in [-0.1, -0.05) is 55.5 Å². The third kappa shape index (κ3) is 6.89. The summed E-state index contributed by atoms with van der Waals surface area (Å²) in [5.41, 5.74) is 1.50. The lowest BCUT2D eigenvalue weighted by Crippen LogP contribution is -2.67. The fourth-order valence-corrected chi connectivity index (χ4v) is 4.68. The number of para-hydroxylation sites is 1. The number of methoxy groups -OCH3 is 1. The second-order valence-electron chi connectivity index (χ2n) is 8.68. The monoisotopic (exact) mass is 503 g/mol. The van der Waals surface area contributed by atoms with Crippen LogP contribution in [0.3, 0.4) is 0 Å². The Kier molecular flexibility index (Phi) is 9.06. The van der Waals surface area contributed by atoms with Gasteiger partial charge in [-0.25, -0.2) is 0 Å². The van der Waals surface area contributed by atoms with Gasteiger partial charge < -0.3 is 10.1 Å². The first kappa shape index (κ1) is 27.3. The molecule has 0 amide bonds. The number of alkyl halides is 6. The van der Waals surface area contributed by atoms with Crippen LogP contribution in [0, 0.1) is 0 Å². The van der Waals surface area contributed by atoms with E-state index in [9.17, 15) is 26.3 Å². The minimum Gasteiger partial charge on any atom is -0.496 e. The van der Waals surface area contributed by atoms with Crippen molar-refractivity contribution in [3.63, 3.8) is 0 Å². The average Bonchev–Trinajstić information content (AvgIpc) is 2.81. The van der Waals surface area contributed by atoms with Crippen LogP contribution in [0.4, 0.5) is 26.3 Å². The molecule has 0 spiro atoms. The van der Waals surface area contributed by atoms with Crippen molar-refractivity contribution >= 4 is 0 Å². The minimum atomic E-state index is -4.81. The summed E-state index contributed by atoms with van der Waals surface area (Å²) in [5, 5.41) is 3.22. The molecule has 35 heavy (non-hydrogen) atoms. The Bertz CT molecular complexity index is 897. The van der Waals surface area contributed by atoms with Gasteiger partial charge in [-0.3, -0.25) is 9.80 Å². The standard InChI is InChI=1S/C25H31F6N3O/c1-3-13-34-22(24(26,27)28)16-33(17-23(34)25(29,30)31)20(19-11-7-8-12-21(19)35-2)15-32-14-18-9-5-4-6-10-18/h4-12,20,22-23,32H,3,13-17H2,1-2H3. The molecule has 0 bridgehead atoms. The summed E-state index contributed by atoms with van der Waals surface area (Å²) in [4.78, 5) is 1.88. The molecule has 1 saturated heterocycles. The molecule has 1 aliphatic rings. The second kappa shape index (κ2) is 11.6. The minimum absolute atomic E-state index is 0.151. The molecule has 0 saturated carbocycles. The van der Waals surface area contributed by atoms with E-state index >= 15 is 0 Å². The number of rotatable bonds is 9. The van der Waals surface area contributed by atoms with Gasteiger partial charge in [-0.2, -0.15) is 26.3 Å². The van der Waals surface area contributed by atoms with Crippen LogP contribution >= 0.6 is 0 Å². The molecule has 1 fully saturated rings. The molecule has 1 heterocycles. The second-order valence-corrected chi connectivity index (χ2v) is 8.68. The van der Waals surface area contributed by atoms with Gasteiger partial charge in [0.05, 0.1) is 13.2 Å². The van der Waals surface area contributed by atoms with Crippen molar-refractivity contribution in [3.8, 4) is 5.75 Å². The predicted octanol–water partition coefficient (Wildman–Crippen LogP) is 5.42. The number of benzene rings is 2.